The second kappa shape index (κ2) is 5.14. The van der Waals surface area contributed by atoms with E-state index in [0.717, 1.165) is 5.56 Å². The van der Waals surface area contributed by atoms with E-state index in [0.29, 0.717) is 16.4 Å². The maximum atomic E-state index is 13.1. The predicted molar refractivity (Wildman–Crippen MR) is 68.3 cm³/mol. The fraction of sp³-hybridized carbons (Fsp3) is 0.0769. The SMILES string of the molecule is Cc1ccc(F)cc1NC(=O)c1ccc(Cl)nc1. The molecule has 1 aromatic heterocycles. The molecular formula is C13H10ClFN2O. The first-order valence-electron chi connectivity index (χ1n) is 5.25. The van der Waals surface area contributed by atoms with Crippen molar-refractivity contribution in [3.05, 3.63) is 58.6 Å². The molecule has 1 amide bonds. The van der Waals surface area contributed by atoms with Crippen molar-refractivity contribution < 1.29 is 9.18 Å². The van der Waals surface area contributed by atoms with Crippen LogP contribution < -0.4 is 5.32 Å². The molecule has 3 nitrogen and oxygen atoms in total. The number of rotatable bonds is 2. The van der Waals surface area contributed by atoms with Gasteiger partial charge in [-0.15, -0.1) is 0 Å². The number of carbonyl (C=O) groups is 1. The number of hydrogen-bond donors (Lipinski definition) is 1. The first-order chi connectivity index (χ1) is 8.56. The predicted octanol–water partition coefficient (Wildman–Crippen LogP) is 3.43. The Morgan fingerprint density at radius 3 is 2.78 bits per heavy atom. The summed E-state index contributed by atoms with van der Waals surface area (Å²) in [7, 11) is 0. The molecule has 0 atom stereocenters. The smallest absolute Gasteiger partial charge is 0.257 e. The Hall–Kier alpha value is -1.94. The van der Waals surface area contributed by atoms with Crippen LogP contribution >= 0.6 is 11.6 Å². The summed E-state index contributed by atoms with van der Waals surface area (Å²) in [5.41, 5.74) is 1.59. The van der Waals surface area contributed by atoms with Gasteiger partial charge in [0.15, 0.2) is 0 Å². The Balaban J connectivity index is 2.21. The molecule has 0 saturated heterocycles. The summed E-state index contributed by atoms with van der Waals surface area (Å²) in [5.74, 6) is -0.752. The number of amides is 1. The Kier molecular flexibility index (Phi) is 3.58. The first-order valence-corrected chi connectivity index (χ1v) is 5.63. The maximum absolute atomic E-state index is 13.1. The first kappa shape index (κ1) is 12.5. The van der Waals surface area contributed by atoms with Gasteiger partial charge in [-0.3, -0.25) is 4.79 Å². The van der Waals surface area contributed by atoms with E-state index in [1.165, 1.54) is 24.4 Å². The molecule has 0 aliphatic rings. The van der Waals surface area contributed by atoms with Crippen molar-refractivity contribution in [1.29, 1.82) is 0 Å². The zero-order chi connectivity index (χ0) is 13.1. The van der Waals surface area contributed by atoms with Crippen LogP contribution in [0.5, 0.6) is 0 Å². The molecule has 0 bridgehead atoms. The standard InChI is InChI=1S/C13H10ClFN2O/c1-8-2-4-10(15)6-11(8)17-13(18)9-3-5-12(14)16-7-9/h2-7H,1H3,(H,17,18). The van der Waals surface area contributed by atoms with Gasteiger partial charge in [0.2, 0.25) is 0 Å². The summed E-state index contributed by atoms with van der Waals surface area (Å²) in [4.78, 5) is 15.7. The van der Waals surface area contributed by atoms with E-state index in [4.69, 9.17) is 11.6 Å². The molecule has 0 fully saturated rings. The number of carbonyl (C=O) groups excluding carboxylic acids is 1. The highest BCUT2D eigenvalue weighted by Crippen LogP contribution is 2.17. The summed E-state index contributed by atoms with van der Waals surface area (Å²) in [6.45, 7) is 1.79. The van der Waals surface area contributed by atoms with Crippen molar-refractivity contribution in [2.75, 3.05) is 5.32 Å². The molecule has 92 valence electrons. The third-order valence-corrected chi connectivity index (χ3v) is 2.66. The average Bonchev–Trinajstić information content (AvgIpc) is 2.34. The molecule has 5 heteroatoms. The fourth-order valence-electron chi connectivity index (χ4n) is 1.43. The highest BCUT2D eigenvalue weighted by atomic mass is 35.5. The summed E-state index contributed by atoms with van der Waals surface area (Å²) < 4.78 is 13.1. The third-order valence-electron chi connectivity index (χ3n) is 2.44. The molecule has 0 radical (unpaired) electrons. The van der Waals surface area contributed by atoms with Crippen LogP contribution in [0.4, 0.5) is 10.1 Å². The topological polar surface area (TPSA) is 42.0 Å². The van der Waals surface area contributed by atoms with Gasteiger partial charge in [0, 0.05) is 11.9 Å². The van der Waals surface area contributed by atoms with Crippen molar-refractivity contribution in [2.45, 2.75) is 6.92 Å². The van der Waals surface area contributed by atoms with Gasteiger partial charge < -0.3 is 5.32 Å². The van der Waals surface area contributed by atoms with Crippen molar-refractivity contribution in [3.8, 4) is 0 Å². The number of benzene rings is 1. The Morgan fingerprint density at radius 1 is 1.33 bits per heavy atom. The molecule has 0 aliphatic heterocycles. The molecule has 0 spiro atoms. The number of anilines is 1. The van der Waals surface area contributed by atoms with Gasteiger partial charge in [-0.05, 0) is 36.8 Å². The summed E-state index contributed by atoms with van der Waals surface area (Å²) in [6, 6.07) is 7.30. The minimum absolute atomic E-state index is 0.313. The van der Waals surface area contributed by atoms with Crippen molar-refractivity contribution in [2.24, 2.45) is 0 Å². The molecule has 1 heterocycles. The molecular weight excluding hydrogens is 255 g/mol. The highest BCUT2D eigenvalue weighted by molar-refractivity contribution is 6.29. The van der Waals surface area contributed by atoms with E-state index in [1.54, 1.807) is 19.1 Å². The van der Waals surface area contributed by atoms with Crippen LogP contribution in [0.25, 0.3) is 0 Å². The highest BCUT2D eigenvalue weighted by Gasteiger charge is 2.08. The van der Waals surface area contributed by atoms with Crippen LogP contribution in [0.15, 0.2) is 36.5 Å². The van der Waals surface area contributed by atoms with E-state index in [-0.39, 0.29) is 5.91 Å². The van der Waals surface area contributed by atoms with Crippen LogP contribution in [-0.2, 0) is 0 Å². The van der Waals surface area contributed by atoms with Crippen LogP contribution in [0.2, 0.25) is 5.15 Å². The normalized spacial score (nSPS) is 10.2. The summed E-state index contributed by atoms with van der Waals surface area (Å²) >= 11 is 5.63. The van der Waals surface area contributed by atoms with Gasteiger partial charge in [0.05, 0.1) is 5.56 Å². The summed E-state index contributed by atoms with van der Waals surface area (Å²) in [5, 5.41) is 2.94. The lowest BCUT2D eigenvalue weighted by Gasteiger charge is -2.08. The Labute approximate surface area is 109 Å². The second-order valence-corrected chi connectivity index (χ2v) is 4.17. The van der Waals surface area contributed by atoms with Crippen molar-refractivity contribution >= 4 is 23.2 Å². The second-order valence-electron chi connectivity index (χ2n) is 3.78. The van der Waals surface area contributed by atoms with E-state index < -0.39 is 5.82 Å². The third kappa shape index (κ3) is 2.84. The van der Waals surface area contributed by atoms with E-state index >= 15 is 0 Å². The van der Waals surface area contributed by atoms with Crippen molar-refractivity contribution in [1.82, 2.24) is 4.98 Å². The van der Waals surface area contributed by atoms with E-state index in [1.807, 2.05) is 0 Å². The lowest BCUT2D eigenvalue weighted by atomic mass is 10.2. The van der Waals surface area contributed by atoms with Crippen LogP contribution in [0.1, 0.15) is 15.9 Å². The van der Waals surface area contributed by atoms with Gasteiger partial charge in [-0.1, -0.05) is 17.7 Å². The molecule has 2 aromatic rings. The van der Waals surface area contributed by atoms with Gasteiger partial charge >= 0.3 is 0 Å². The van der Waals surface area contributed by atoms with Gasteiger partial charge in [-0.25, -0.2) is 9.37 Å². The minimum Gasteiger partial charge on any atom is -0.322 e. The molecule has 2 rings (SSSR count). The van der Waals surface area contributed by atoms with Gasteiger partial charge in [0.25, 0.3) is 5.91 Å². The monoisotopic (exact) mass is 264 g/mol. The molecule has 0 saturated carbocycles. The van der Waals surface area contributed by atoms with Gasteiger partial charge in [-0.2, -0.15) is 0 Å². The van der Waals surface area contributed by atoms with Gasteiger partial charge in [0.1, 0.15) is 11.0 Å². The number of halogens is 2. The number of aromatic nitrogens is 1. The van der Waals surface area contributed by atoms with Crippen molar-refractivity contribution in [3.63, 3.8) is 0 Å². The Morgan fingerprint density at radius 2 is 2.11 bits per heavy atom. The molecule has 0 aliphatic carbocycles. The molecule has 18 heavy (non-hydrogen) atoms. The fourth-order valence-corrected chi connectivity index (χ4v) is 1.55. The number of hydrogen-bond acceptors (Lipinski definition) is 2. The van der Waals surface area contributed by atoms with E-state index in [2.05, 4.69) is 10.3 Å². The number of nitrogens with zero attached hydrogens (tertiary/aromatic N) is 1. The number of pyridine rings is 1. The minimum atomic E-state index is -0.398. The molecule has 1 aromatic carbocycles. The lowest BCUT2D eigenvalue weighted by Crippen LogP contribution is -2.13. The van der Waals surface area contributed by atoms with Crippen LogP contribution in [-0.4, -0.2) is 10.9 Å². The maximum Gasteiger partial charge on any atom is 0.257 e. The van der Waals surface area contributed by atoms with Crippen LogP contribution in [0.3, 0.4) is 0 Å². The molecule has 0 unspecified atom stereocenters. The van der Waals surface area contributed by atoms with E-state index in [9.17, 15) is 9.18 Å². The average molecular weight is 265 g/mol. The van der Waals surface area contributed by atoms with Crippen LogP contribution in [0, 0.1) is 12.7 Å². The Bertz CT molecular complexity index is 584. The quantitative estimate of drug-likeness (QED) is 0.845. The number of aryl methyl sites for hydroxylation is 1. The lowest BCUT2D eigenvalue weighted by molar-refractivity contribution is 0.102. The summed E-state index contributed by atoms with van der Waals surface area (Å²) in [6.07, 6.45) is 1.37. The largest absolute Gasteiger partial charge is 0.322 e. The number of nitrogens with one attached hydrogen (secondary N) is 1. The zero-order valence-electron chi connectivity index (χ0n) is 9.58. The zero-order valence-corrected chi connectivity index (χ0v) is 10.3. The molecule has 1 N–H and O–H groups in total.